The van der Waals surface area contributed by atoms with Crippen LogP contribution in [0.1, 0.15) is 58.8 Å². The molecule has 232 valence electrons. The highest BCUT2D eigenvalue weighted by atomic mass is 16.7. The first-order chi connectivity index (χ1) is 19.2. The zero-order chi connectivity index (χ0) is 29.7. The molecule has 0 spiro atoms. The lowest BCUT2D eigenvalue weighted by Gasteiger charge is -2.68. The standard InChI is InChI=1S/C29H44O12/c1-13-22(34)23(35)24(36)25(40-13)41-15-8-19(32)28(12-30)21-17(3-5-27(28,37)9-15)29(38)6-4-16(14-7-20(33)39-11-14)26(29,2)10-18(21)31/h7,13,15-19,21-25,30-32,34-38H,3-6,8-12H2,1-2H3/t13-,15+,16-,17-,18-,19-,21+,22-,23+,24+,25+,26-,27+,28-,29+/m1/s1. The van der Waals surface area contributed by atoms with E-state index in [1.165, 1.54) is 13.0 Å². The van der Waals surface area contributed by atoms with Gasteiger partial charge in [-0.1, -0.05) is 6.92 Å². The maximum absolute atomic E-state index is 12.4. The number of cyclic esters (lactones) is 1. The van der Waals surface area contributed by atoms with Crippen LogP contribution < -0.4 is 0 Å². The topological polar surface area (TPSA) is 207 Å². The Balaban J connectivity index is 1.28. The predicted octanol–water partition coefficient (Wildman–Crippen LogP) is -1.51. The van der Waals surface area contributed by atoms with Crippen LogP contribution in [0, 0.1) is 28.6 Å². The Morgan fingerprint density at radius 3 is 2.41 bits per heavy atom. The van der Waals surface area contributed by atoms with Crippen LogP contribution in [0.5, 0.6) is 0 Å². The zero-order valence-electron chi connectivity index (χ0n) is 23.5. The van der Waals surface area contributed by atoms with Crippen molar-refractivity contribution >= 4 is 5.97 Å². The fourth-order valence-electron chi connectivity index (χ4n) is 10.1. The quantitative estimate of drug-likeness (QED) is 0.140. The van der Waals surface area contributed by atoms with Crippen molar-refractivity contribution < 1.29 is 59.9 Å². The summed E-state index contributed by atoms with van der Waals surface area (Å²) in [4.78, 5) is 11.8. The fourth-order valence-corrected chi connectivity index (χ4v) is 10.1. The molecule has 0 aromatic carbocycles. The Hall–Kier alpha value is -1.19. The summed E-state index contributed by atoms with van der Waals surface area (Å²) in [7, 11) is 0. The minimum Gasteiger partial charge on any atom is -0.458 e. The van der Waals surface area contributed by atoms with Crippen molar-refractivity contribution in [2.24, 2.45) is 28.6 Å². The van der Waals surface area contributed by atoms with E-state index in [-0.39, 0.29) is 38.2 Å². The number of hydrogen-bond acceptors (Lipinski definition) is 12. The van der Waals surface area contributed by atoms with E-state index in [0.717, 1.165) is 5.57 Å². The third-order valence-electron chi connectivity index (χ3n) is 12.2. The van der Waals surface area contributed by atoms with E-state index in [0.29, 0.717) is 19.3 Å². The van der Waals surface area contributed by atoms with E-state index in [2.05, 4.69) is 0 Å². The van der Waals surface area contributed by atoms with E-state index in [1.54, 1.807) is 0 Å². The van der Waals surface area contributed by atoms with Crippen molar-refractivity contribution in [1.82, 2.24) is 0 Å². The molecule has 0 radical (unpaired) electrons. The van der Waals surface area contributed by atoms with Crippen molar-refractivity contribution in [1.29, 1.82) is 0 Å². The number of esters is 1. The third-order valence-corrected chi connectivity index (χ3v) is 12.2. The van der Waals surface area contributed by atoms with Crippen LogP contribution in [0.25, 0.3) is 0 Å². The number of fused-ring (bicyclic) bond motifs is 5. The first-order valence-corrected chi connectivity index (χ1v) is 14.9. The van der Waals surface area contributed by atoms with Gasteiger partial charge in [0.25, 0.3) is 0 Å². The second kappa shape index (κ2) is 9.91. The molecule has 0 aromatic heterocycles. The molecule has 8 N–H and O–H groups in total. The van der Waals surface area contributed by atoms with Crippen LogP contribution in [-0.2, 0) is 19.0 Å². The molecule has 2 aliphatic heterocycles. The van der Waals surface area contributed by atoms with Gasteiger partial charge in [0.2, 0.25) is 0 Å². The average molecular weight is 585 g/mol. The molecule has 2 heterocycles. The molecule has 4 aliphatic carbocycles. The number of rotatable bonds is 4. The molecular weight excluding hydrogens is 540 g/mol. The molecule has 0 aromatic rings. The van der Waals surface area contributed by atoms with Crippen molar-refractivity contribution in [3.8, 4) is 0 Å². The van der Waals surface area contributed by atoms with E-state index in [1.807, 2.05) is 6.92 Å². The van der Waals surface area contributed by atoms with Crippen molar-refractivity contribution in [2.45, 2.75) is 119 Å². The van der Waals surface area contributed by atoms with Crippen LogP contribution in [-0.4, -0.2) is 120 Å². The molecular formula is C29H44O12. The van der Waals surface area contributed by atoms with E-state index < -0.39 is 95.5 Å². The molecule has 6 rings (SSSR count). The van der Waals surface area contributed by atoms with Gasteiger partial charge in [0.1, 0.15) is 24.9 Å². The molecule has 12 nitrogen and oxygen atoms in total. The molecule has 0 unspecified atom stereocenters. The van der Waals surface area contributed by atoms with Crippen LogP contribution in [0.4, 0.5) is 0 Å². The summed E-state index contributed by atoms with van der Waals surface area (Å²) in [5, 5.41) is 89.6. The minimum atomic E-state index is -1.67. The second-order valence-electron chi connectivity index (χ2n) is 13.8. The van der Waals surface area contributed by atoms with Gasteiger partial charge in [-0.15, -0.1) is 0 Å². The van der Waals surface area contributed by atoms with Gasteiger partial charge in [-0.2, -0.15) is 0 Å². The summed E-state index contributed by atoms with van der Waals surface area (Å²) < 4.78 is 16.7. The monoisotopic (exact) mass is 584 g/mol. The smallest absolute Gasteiger partial charge is 0.331 e. The molecule has 15 atom stereocenters. The van der Waals surface area contributed by atoms with Crippen molar-refractivity contribution in [2.75, 3.05) is 13.2 Å². The van der Waals surface area contributed by atoms with E-state index in [9.17, 15) is 45.6 Å². The average Bonchev–Trinajstić information content (AvgIpc) is 3.45. The summed E-state index contributed by atoms with van der Waals surface area (Å²) >= 11 is 0. The fraction of sp³-hybridized carbons (Fsp3) is 0.897. The molecule has 0 amide bonds. The van der Waals surface area contributed by atoms with Gasteiger partial charge in [-0.25, -0.2) is 4.79 Å². The second-order valence-corrected chi connectivity index (χ2v) is 13.8. The van der Waals surface area contributed by atoms with Crippen molar-refractivity contribution in [3.63, 3.8) is 0 Å². The summed E-state index contributed by atoms with van der Waals surface area (Å²) in [6.45, 7) is 3.00. The molecule has 5 fully saturated rings. The number of carbonyl (C=O) groups is 1. The summed E-state index contributed by atoms with van der Waals surface area (Å²) in [6.07, 6.45) is -6.68. The summed E-state index contributed by atoms with van der Waals surface area (Å²) in [6, 6.07) is 0. The minimum absolute atomic E-state index is 0.0369. The highest BCUT2D eigenvalue weighted by Gasteiger charge is 2.75. The molecule has 41 heavy (non-hydrogen) atoms. The van der Waals surface area contributed by atoms with E-state index in [4.69, 9.17) is 14.2 Å². The van der Waals surface area contributed by atoms with Crippen LogP contribution in [0.3, 0.4) is 0 Å². The highest BCUT2D eigenvalue weighted by Crippen LogP contribution is 2.70. The third kappa shape index (κ3) is 3.99. The number of ether oxygens (including phenoxy) is 3. The Labute approximate surface area is 238 Å². The molecule has 1 saturated heterocycles. The molecule has 4 saturated carbocycles. The Kier molecular flexibility index (Phi) is 7.22. The van der Waals surface area contributed by atoms with Gasteiger partial charge >= 0.3 is 5.97 Å². The Morgan fingerprint density at radius 1 is 1.02 bits per heavy atom. The normalized spacial score (nSPS) is 56.9. The zero-order valence-corrected chi connectivity index (χ0v) is 23.5. The maximum Gasteiger partial charge on any atom is 0.331 e. The van der Waals surface area contributed by atoms with Gasteiger partial charge in [0.05, 0.1) is 47.6 Å². The Morgan fingerprint density at radius 2 is 1.76 bits per heavy atom. The van der Waals surface area contributed by atoms with E-state index >= 15 is 0 Å². The summed E-state index contributed by atoms with van der Waals surface area (Å²) in [5.41, 5.74) is -4.46. The number of aliphatic hydroxyl groups excluding tert-OH is 6. The summed E-state index contributed by atoms with van der Waals surface area (Å²) in [5.74, 6) is -1.93. The number of aliphatic hydroxyl groups is 8. The van der Waals surface area contributed by atoms with Gasteiger partial charge < -0.3 is 55.1 Å². The molecule has 0 bridgehead atoms. The van der Waals surface area contributed by atoms with Gasteiger partial charge in [0.15, 0.2) is 6.29 Å². The van der Waals surface area contributed by atoms with Gasteiger partial charge in [0, 0.05) is 30.3 Å². The van der Waals surface area contributed by atoms with Crippen molar-refractivity contribution in [3.05, 3.63) is 11.6 Å². The predicted molar refractivity (Wildman–Crippen MR) is 139 cm³/mol. The van der Waals surface area contributed by atoms with Gasteiger partial charge in [-0.3, -0.25) is 0 Å². The van der Waals surface area contributed by atoms with Crippen LogP contribution >= 0.6 is 0 Å². The number of carbonyl (C=O) groups excluding carboxylic acids is 1. The molecule has 12 heteroatoms. The van der Waals surface area contributed by atoms with Crippen LogP contribution in [0.15, 0.2) is 11.6 Å². The Bertz CT molecular complexity index is 1080. The lowest BCUT2D eigenvalue weighted by Crippen LogP contribution is -2.76. The lowest BCUT2D eigenvalue weighted by atomic mass is 9.40. The first kappa shape index (κ1) is 29.9. The number of hydrogen-bond donors (Lipinski definition) is 8. The first-order valence-electron chi connectivity index (χ1n) is 14.9. The largest absolute Gasteiger partial charge is 0.458 e. The van der Waals surface area contributed by atoms with Gasteiger partial charge in [-0.05, 0) is 56.4 Å². The highest BCUT2D eigenvalue weighted by molar-refractivity contribution is 5.85. The molecule has 6 aliphatic rings. The van der Waals surface area contributed by atoms with Crippen LogP contribution in [0.2, 0.25) is 0 Å². The SMILES string of the molecule is C[C@H]1O[C@@H](O[C@H]2C[C@@H](O)[C@]3(CO)[C@@H]4[C@H](O)C[C@]5(C)[C@@H](C6=CC(=O)OC6)CC[C@]5(O)[C@@H]4CC[C@]3(O)C2)[C@@H](O)[C@@H](O)[C@@H]1O. The maximum atomic E-state index is 12.4. The lowest BCUT2D eigenvalue weighted by molar-refractivity contribution is -0.342.